The van der Waals surface area contributed by atoms with Crippen LogP contribution in [0, 0.1) is 29.1 Å². The molecule has 3 fully saturated rings. The molecule has 126 valence electrons. The molecule has 4 atom stereocenters. The Morgan fingerprint density at radius 1 is 0.667 bits per heavy atom. The Balaban J connectivity index is 0.00000106. The molecule has 3 saturated carbocycles. The maximum Gasteiger partial charge on any atom is -0.0349 e. The molecule has 0 aliphatic heterocycles. The Bertz CT molecular complexity index is 241. The minimum Gasteiger partial charge on any atom is -0.0683 e. The second kappa shape index (κ2) is 9.21. The van der Waals surface area contributed by atoms with Gasteiger partial charge in [0.2, 0.25) is 0 Å². The highest BCUT2D eigenvalue weighted by Gasteiger charge is 2.31. The van der Waals surface area contributed by atoms with Crippen molar-refractivity contribution in [2.75, 3.05) is 0 Å². The van der Waals surface area contributed by atoms with E-state index < -0.39 is 0 Å². The highest BCUT2D eigenvalue weighted by molar-refractivity contribution is 4.82. The summed E-state index contributed by atoms with van der Waals surface area (Å²) in [6, 6.07) is 0. The molecule has 0 spiro atoms. The predicted octanol–water partition coefficient (Wildman–Crippen LogP) is 7.47. The summed E-state index contributed by atoms with van der Waals surface area (Å²) in [5.74, 6) is 3.95. The van der Waals surface area contributed by atoms with Crippen LogP contribution in [-0.2, 0) is 0 Å². The number of rotatable bonds is 0. The average molecular weight is 295 g/mol. The zero-order valence-electron chi connectivity index (χ0n) is 15.9. The summed E-state index contributed by atoms with van der Waals surface area (Å²) in [4.78, 5) is 0. The molecular weight excluding hydrogens is 252 g/mol. The third-order valence-corrected chi connectivity index (χ3v) is 5.77. The maximum atomic E-state index is 2.54. The summed E-state index contributed by atoms with van der Waals surface area (Å²) in [6.07, 6.45) is 14.9. The molecule has 0 heterocycles. The van der Waals surface area contributed by atoms with Crippen LogP contribution >= 0.6 is 0 Å². The third kappa shape index (κ3) is 7.20. The Morgan fingerprint density at radius 2 is 1.05 bits per heavy atom. The van der Waals surface area contributed by atoms with Gasteiger partial charge in [-0.2, -0.15) is 0 Å². The van der Waals surface area contributed by atoms with Crippen molar-refractivity contribution in [3.8, 4) is 0 Å². The van der Waals surface area contributed by atoms with Crippen molar-refractivity contribution in [3.63, 3.8) is 0 Å². The van der Waals surface area contributed by atoms with Gasteiger partial charge in [0.25, 0.3) is 0 Å². The molecule has 3 aliphatic rings. The fourth-order valence-electron chi connectivity index (χ4n) is 5.14. The van der Waals surface area contributed by atoms with Crippen molar-refractivity contribution in [2.45, 2.75) is 106 Å². The fraction of sp³-hybridized carbons (Fsp3) is 1.00. The van der Waals surface area contributed by atoms with Crippen molar-refractivity contribution in [1.29, 1.82) is 0 Å². The Kier molecular flexibility index (Phi) is 8.35. The highest BCUT2D eigenvalue weighted by atomic mass is 14.4. The minimum atomic E-state index is 0.592. The van der Waals surface area contributed by atoms with E-state index in [1.165, 1.54) is 64.2 Å². The SMILES string of the molecule is CC.CC1CCCC(C)CC2CCCC(C1)CC(C)(C)C2. The molecule has 0 amide bonds. The van der Waals surface area contributed by atoms with Crippen LogP contribution in [0.5, 0.6) is 0 Å². The van der Waals surface area contributed by atoms with Crippen LogP contribution in [0.4, 0.5) is 0 Å². The molecule has 0 N–H and O–H groups in total. The summed E-state index contributed by atoms with van der Waals surface area (Å²) >= 11 is 0. The van der Waals surface area contributed by atoms with Gasteiger partial charge in [-0.25, -0.2) is 0 Å². The minimum absolute atomic E-state index is 0.592. The van der Waals surface area contributed by atoms with Gasteiger partial charge in [0.1, 0.15) is 0 Å². The molecule has 0 saturated heterocycles. The Morgan fingerprint density at radius 3 is 1.48 bits per heavy atom. The third-order valence-electron chi connectivity index (χ3n) is 5.77. The summed E-state index contributed by atoms with van der Waals surface area (Å²) in [6.45, 7) is 14.1. The highest BCUT2D eigenvalue weighted by Crippen LogP contribution is 2.43. The molecule has 0 aromatic carbocycles. The zero-order chi connectivity index (χ0) is 15.9. The van der Waals surface area contributed by atoms with E-state index in [1.54, 1.807) is 0 Å². The van der Waals surface area contributed by atoms with Crippen molar-refractivity contribution >= 4 is 0 Å². The molecule has 21 heavy (non-hydrogen) atoms. The summed E-state index contributed by atoms with van der Waals surface area (Å²) in [5, 5.41) is 0. The van der Waals surface area contributed by atoms with Crippen molar-refractivity contribution in [2.24, 2.45) is 29.1 Å². The smallest absolute Gasteiger partial charge is 0.0349 e. The Hall–Kier alpha value is 0. The van der Waals surface area contributed by atoms with Crippen LogP contribution in [-0.4, -0.2) is 0 Å². The van der Waals surface area contributed by atoms with E-state index >= 15 is 0 Å². The van der Waals surface area contributed by atoms with Crippen molar-refractivity contribution in [1.82, 2.24) is 0 Å². The first-order valence-corrected chi connectivity index (χ1v) is 9.94. The lowest BCUT2D eigenvalue weighted by molar-refractivity contribution is 0.134. The van der Waals surface area contributed by atoms with Gasteiger partial charge in [0, 0.05) is 0 Å². The van der Waals surface area contributed by atoms with Crippen LogP contribution < -0.4 is 0 Å². The molecule has 0 heteroatoms. The number of fused-ring (bicyclic) bond motifs is 10. The average Bonchev–Trinajstić information content (AvgIpc) is 2.36. The van der Waals surface area contributed by atoms with Crippen LogP contribution in [0.15, 0.2) is 0 Å². The summed E-state index contributed by atoms with van der Waals surface area (Å²) < 4.78 is 0. The summed E-state index contributed by atoms with van der Waals surface area (Å²) in [7, 11) is 0. The van der Waals surface area contributed by atoms with Gasteiger partial charge >= 0.3 is 0 Å². The summed E-state index contributed by atoms with van der Waals surface area (Å²) in [5.41, 5.74) is 0.592. The van der Waals surface area contributed by atoms with Gasteiger partial charge in [-0.1, -0.05) is 80.1 Å². The lowest BCUT2D eigenvalue weighted by atomic mass is 9.67. The van der Waals surface area contributed by atoms with Crippen molar-refractivity contribution in [3.05, 3.63) is 0 Å². The molecule has 0 aromatic heterocycles. The first-order chi connectivity index (χ1) is 9.94. The van der Waals surface area contributed by atoms with Gasteiger partial charge in [-0.15, -0.1) is 0 Å². The normalized spacial score (nSPS) is 37.4. The van der Waals surface area contributed by atoms with Crippen LogP contribution in [0.3, 0.4) is 0 Å². The lowest BCUT2D eigenvalue weighted by Gasteiger charge is -2.38. The number of hydrogen-bond acceptors (Lipinski definition) is 0. The quantitative estimate of drug-likeness (QED) is 0.434. The number of hydrogen-bond donors (Lipinski definition) is 0. The lowest BCUT2D eigenvalue weighted by Crippen LogP contribution is -2.26. The molecule has 4 unspecified atom stereocenters. The van der Waals surface area contributed by atoms with Gasteiger partial charge in [0.15, 0.2) is 0 Å². The predicted molar refractivity (Wildman–Crippen MR) is 96.6 cm³/mol. The Labute approximate surface area is 135 Å². The molecule has 0 nitrogen and oxygen atoms in total. The van der Waals surface area contributed by atoms with E-state index in [-0.39, 0.29) is 0 Å². The van der Waals surface area contributed by atoms with E-state index in [4.69, 9.17) is 0 Å². The second-order valence-corrected chi connectivity index (χ2v) is 8.85. The van der Waals surface area contributed by atoms with E-state index in [2.05, 4.69) is 27.7 Å². The van der Waals surface area contributed by atoms with Gasteiger partial charge in [0.05, 0.1) is 0 Å². The molecule has 2 bridgehead atoms. The fourth-order valence-corrected chi connectivity index (χ4v) is 5.14. The zero-order valence-corrected chi connectivity index (χ0v) is 15.9. The van der Waals surface area contributed by atoms with Crippen LogP contribution in [0.2, 0.25) is 0 Å². The first-order valence-electron chi connectivity index (χ1n) is 9.94. The van der Waals surface area contributed by atoms with Crippen molar-refractivity contribution < 1.29 is 0 Å². The van der Waals surface area contributed by atoms with Crippen LogP contribution in [0.25, 0.3) is 0 Å². The molecule has 0 radical (unpaired) electrons. The van der Waals surface area contributed by atoms with Gasteiger partial charge < -0.3 is 0 Å². The van der Waals surface area contributed by atoms with E-state index in [9.17, 15) is 0 Å². The van der Waals surface area contributed by atoms with Gasteiger partial charge in [-0.3, -0.25) is 0 Å². The van der Waals surface area contributed by atoms with E-state index in [1.807, 2.05) is 13.8 Å². The monoisotopic (exact) mass is 294 g/mol. The largest absolute Gasteiger partial charge is 0.0683 e. The topological polar surface area (TPSA) is 0 Å². The van der Waals surface area contributed by atoms with E-state index in [0.29, 0.717) is 5.41 Å². The second-order valence-electron chi connectivity index (χ2n) is 8.85. The molecule has 0 aromatic rings. The standard InChI is InChI=1S/C19H36.C2H6/c1-15-7-5-8-16(2)12-18-10-6-9-17(11-15)13-19(3,4)14-18;1-2/h15-18H,5-14H2,1-4H3;1-2H3. The van der Waals surface area contributed by atoms with E-state index in [0.717, 1.165) is 23.7 Å². The first kappa shape index (κ1) is 19.0. The molecular formula is C21H42. The molecule has 3 rings (SSSR count). The molecule has 3 aliphatic carbocycles. The van der Waals surface area contributed by atoms with Gasteiger partial charge in [-0.05, 0) is 54.8 Å². The van der Waals surface area contributed by atoms with Crippen LogP contribution in [0.1, 0.15) is 106 Å². The maximum absolute atomic E-state index is 2.54.